The third kappa shape index (κ3) is 7.91. The topological polar surface area (TPSA) is 64.7 Å². The SMILES string of the molecule is CC.Cc1ccc(C2NC3C=CC=CC=C3C(=O)N2c2cccc(Cl)c2)s1.Cc1ccc(C2Nc3ccccc3C(=O)N2c2ccc(Cl)cc2)s1. The standard InChI is InChI=1S/C20H17ClN2OS.C19H15ClN2OS.C2H6/c1-13-10-11-18(25-13)19-22-17-9-4-2-3-8-16(17)20(24)23(19)15-7-5-6-14(21)12-15;1-12-6-11-17(24-12)18-21-16-5-3-2-4-15(16)19(23)22(18)14-9-7-13(20)8-10-14;1-2/h2-12,17,19,22H,1H3;2-11,18,21H,1H3;1-2H3. The first-order valence-electron chi connectivity index (χ1n) is 16.7. The highest BCUT2D eigenvalue weighted by molar-refractivity contribution is 7.12. The second-order valence-electron chi connectivity index (χ2n) is 11.7. The Labute approximate surface area is 317 Å². The monoisotopic (exact) mass is 752 g/mol. The van der Waals surface area contributed by atoms with Crippen LogP contribution >= 0.6 is 45.9 Å². The van der Waals surface area contributed by atoms with Crippen LogP contribution in [0.25, 0.3) is 0 Å². The Kier molecular flexibility index (Phi) is 11.6. The Bertz CT molecular complexity index is 2120. The molecule has 8 rings (SSSR count). The molecule has 2 aliphatic heterocycles. The molecule has 0 bridgehead atoms. The number of hydrogen-bond acceptors (Lipinski definition) is 6. The van der Waals surface area contributed by atoms with E-state index in [0.717, 1.165) is 32.4 Å². The van der Waals surface area contributed by atoms with E-state index in [2.05, 4.69) is 48.7 Å². The zero-order chi connectivity index (χ0) is 36.1. The van der Waals surface area contributed by atoms with Crippen molar-refractivity contribution in [1.29, 1.82) is 0 Å². The van der Waals surface area contributed by atoms with Gasteiger partial charge in [0.25, 0.3) is 11.8 Å². The summed E-state index contributed by atoms with van der Waals surface area (Å²) in [6.07, 6.45) is 9.26. The van der Waals surface area contributed by atoms with Crippen molar-refractivity contribution < 1.29 is 9.59 Å². The lowest BCUT2D eigenvalue weighted by molar-refractivity contribution is -0.117. The highest BCUT2D eigenvalue weighted by Crippen LogP contribution is 2.40. The molecule has 2 amide bonds. The molecule has 2 N–H and O–H groups in total. The van der Waals surface area contributed by atoms with Crippen LogP contribution in [0.2, 0.25) is 10.0 Å². The summed E-state index contributed by atoms with van der Waals surface area (Å²) in [4.78, 5) is 34.7. The zero-order valence-corrected chi connectivity index (χ0v) is 31.8. The van der Waals surface area contributed by atoms with Crippen molar-refractivity contribution in [2.75, 3.05) is 15.1 Å². The number of thiophene rings is 2. The van der Waals surface area contributed by atoms with Gasteiger partial charge in [0.05, 0.1) is 11.6 Å². The number of nitrogens with zero attached hydrogens (tertiary/aromatic N) is 2. The second kappa shape index (κ2) is 16.3. The summed E-state index contributed by atoms with van der Waals surface area (Å²) in [6, 6.07) is 30.6. The van der Waals surface area contributed by atoms with Gasteiger partial charge in [-0.3, -0.25) is 24.7 Å². The lowest BCUT2D eigenvalue weighted by Gasteiger charge is -2.40. The molecule has 5 aromatic rings. The van der Waals surface area contributed by atoms with Gasteiger partial charge in [-0.1, -0.05) is 85.6 Å². The maximum atomic E-state index is 13.3. The van der Waals surface area contributed by atoms with E-state index in [0.29, 0.717) is 15.6 Å². The van der Waals surface area contributed by atoms with Gasteiger partial charge in [-0.15, -0.1) is 22.7 Å². The van der Waals surface area contributed by atoms with Crippen LogP contribution in [0.4, 0.5) is 17.1 Å². The van der Waals surface area contributed by atoms with Crippen LogP contribution in [0, 0.1) is 13.8 Å². The van der Waals surface area contributed by atoms with E-state index in [-0.39, 0.29) is 30.2 Å². The number of halogens is 2. The molecule has 2 aromatic heterocycles. The van der Waals surface area contributed by atoms with Gasteiger partial charge in [-0.2, -0.15) is 0 Å². The van der Waals surface area contributed by atoms with Gasteiger partial charge in [0, 0.05) is 52.2 Å². The molecular formula is C41H38Cl2N4O2S2. The molecule has 4 heterocycles. The van der Waals surface area contributed by atoms with Crippen LogP contribution in [0.5, 0.6) is 0 Å². The van der Waals surface area contributed by atoms with Crippen molar-refractivity contribution in [2.45, 2.75) is 46.1 Å². The van der Waals surface area contributed by atoms with Gasteiger partial charge >= 0.3 is 0 Å². The number of hydrogen-bond donors (Lipinski definition) is 2. The van der Waals surface area contributed by atoms with Crippen molar-refractivity contribution in [3.63, 3.8) is 0 Å². The summed E-state index contributed by atoms with van der Waals surface area (Å²) in [6.45, 7) is 8.14. The number of aryl methyl sites for hydroxylation is 2. The Morgan fingerprint density at radius 3 is 1.98 bits per heavy atom. The van der Waals surface area contributed by atoms with Crippen LogP contribution in [0.15, 0.2) is 133 Å². The third-order valence-corrected chi connectivity index (χ3v) is 11.0. The summed E-state index contributed by atoms with van der Waals surface area (Å²) in [5.74, 6) is -0.0130. The summed E-state index contributed by atoms with van der Waals surface area (Å²) < 4.78 is 0. The molecule has 260 valence electrons. The maximum Gasteiger partial charge on any atom is 0.262 e. The van der Waals surface area contributed by atoms with Crippen molar-refractivity contribution >= 4 is 74.8 Å². The van der Waals surface area contributed by atoms with Crippen molar-refractivity contribution in [2.24, 2.45) is 0 Å². The normalized spacial score (nSPS) is 19.0. The first-order chi connectivity index (χ1) is 24.8. The largest absolute Gasteiger partial charge is 0.360 e. The summed E-state index contributed by atoms with van der Waals surface area (Å²) >= 11 is 15.6. The third-order valence-electron chi connectivity index (χ3n) is 8.38. The van der Waals surface area contributed by atoms with Gasteiger partial charge in [-0.05, 0) is 92.7 Å². The van der Waals surface area contributed by atoms with Gasteiger partial charge in [-0.25, -0.2) is 0 Å². The molecule has 1 aliphatic carbocycles. The fourth-order valence-corrected chi connectivity index (χ4v) is 8.24. The minimum Gasteiger partial charge on any atom is -0.360 e. The zero-order valence-electron chi connectivity index (χ0n) is 28.6. The lowest BCUT2D eigenvalue weighted by Crippen LogP contribution is -2.54. The molecule has 3 aliphatic rings. The Hall–Kier alpha value is -4.44. The number of anilines is 3. The molecule has 51 heavy (non-hydrogen) atoms. The molecule has 1 fully saturated rings. The minimum atomic E-state index is -0.229. The molecule has 3 aromatic carbocycles. The molecule has 3 unspecified atom stereocenters. The molecule has 3 atom stereocenters. The fourth-order valence-electron chi connectivity index (χ4n) is 6.08. The van der Waals surface area contributed by atoms with E-state index in [4.69, 9.17) is 23.2 Å². The average molecular weight is 754 g/mol. The number of carbonyl (C=O) groups excluding carboxylic acids is 2. The van der Waals surface area contributed by atoms with E-state index < -0.39 is 0 Å². The molecular weight excluding hydrogens is 716 g/mol. The number of amides is 2. The van der Waals surface area contributed by atoms with Crippen molar-refractivity contribution in [3.05, 3.63) is 168 Å². The fraction of sp³-hybridized carbons (Fsp3) is 0.171. The summed E-state index contributed by atoms with van der Waals surface area (Å²) in [5, 5.41) is 8.37. The van der Waals surface area contributed by atoms with E-state index in [9.17, 15) is 9.59 Å². The Morgan fingerprint density at radius 1 is 0.647 bits per heavy atom. The number of benzene rings is 3. The number of fused-ring (bicyclic) bond motifs is 2. The molecule has 6 nitrogen and oxygen atoms in total. The van der Waals surface area contributed by atoms with E-state index in [1.165, 1.54) is 9.75 Å². The van der Waals surface area contributed by atoms with Gasteiger partial charge in [0.2, 0.25) is 0 Å². The van der Waals surface area contributed by atoms with E-state index >= 15 is 0 Å². The molecule has 0 radical (unpaired) electrons. The number of allylic oxidation sites excluding steroid dienone is 4. The van der Waals surface area contributed by atoms with Crippen molar-refractivity contribution in [3.8, 4) is 0 Å². The smallest absolute Gasteiger partial charge is 0.262 e. The van der Waals surface area contributed by atoms with Gasteiger partial charge in [0.1, 0.15) is 12.3 Å². The van der Waals surface area contributed by atoms with E-state index in [1.807, 2.05) is 105 Å². The van der Waals surface area contributed by atoms with Crippen LogP contribution in [0.1, 0.15) is 56.0 Å². The highest BCUT2D eigenvalue weighted by atomic mass is 35.5. The summed E-state index contributed by atoms with van der Waals surface area (Å²) in [7, 11) is 0. The van der Waals surface area contributed by atoms with Crippen LogP contribution in [0.3, 0.4) is 0 Å². The first-order valence-corrected chi connectivity index (χ1v) is 19.1. The van der Waals surface area contributed by atoms with Gasteiger partial charge in [0.15, 0.2) is 0 Å². The number of nitrogens with one attached hydrogen (secondary N) is 2. The van der Waals surface area contributed by atoms with Gasteiger partial charge < -0.3 is 5.32 Å². The molecule has 0 spiro atoms. The number of rotatable bonds is 4. The molecule has 1 saturated heterocycles. The van der Waals surface area contributed by atoms with E-state index in [1.54, 1.807) is 44.6 Å². The van der Waals surface area contributed by atoms with Crippen LogP contribution in [-0.2, 0) is 4.79 Å². The van der Waals surface area contributed by atoms with Crippen LogP contribution in [-0.4, -0.2) is 17.9 Å². The predicted octanol–water partition coefficient (Wildman–Crippen LogP) is 11.3. The predicted molar refractivity (Wildman–Crippen MR) is 215 cm³/mol. The van der Waals surface area contributed by atoms with Crippen molar-refractivity contribution in [1.82, 2.24) is 5.32 Å². The first kappa shape index (κ1) is 36.4. The minimum absolute atomic E-state index is 0.00160. The maximum absolute atomic E-state index is 13.3. The second-order valence-corrected chi connectivity index (χ2v) is 15.2. The molecule has 10 heteroatoms. The number of para-hydroxylation sites is 1. The lowest BCUT2D eigenvalue weighted by atomic mass is 10.00. The quantitative estimate of drug-likeness (QED) is 0.192. The molecule has 0 saturated carbocycles. The average Bonchev–Trinajstić information content (AvgIpc) is 3.70. The Morgan fingerprint density at radius 2 is 1.31 bits per heavy atom. The Balaban J connectivity index is 0.000000168. The number of carbonyl (C=O) groups is 2. The van der Waals surface area contributed by atoms with Crippen LogP contribution < -0.4 is 20.4 Å². The highest BCUT2D eigenvalue weighted by Gasteiger charge is 2.39. The summed E-state index contributed by atoms with van der Waals surface area (Å²) in [5.41, 5.74) is 3.88.